The van der Waals surface area contributed by atoms with Crippen molar-refractivity contribution < 1.29 is 20.4 Å². The minimum absolute atomic E-state index is 0.0441. The maximum atomic E-state index is 13.3. The van der Waals surface area contributed by atoms with E-state index < -0.39 is 23.4 Å². The van der Waals surface area contributed by atoms with Gasteiger partial charge in [-0.15, -0.1) is 0 Å². The molecule has 0 aliphatic carbocycles. The van der Waals surface area contributed by atoms with E-state index in [9.17, 15) is 9.18 Å². The van der Waals surface area contributed by atoms with E-state index in [1.165, 1.54) is 6.07 Å². The average Bonchev–Trinajstić information content (AvgIpc) is 2.38. The molecule has 3 nitrogen and oxygen atoms in total. The lowest BCUT2D eigenvalue weighted by Crippen LogP contribution is -2.02. The Morgan fingerprint density at radius 1 is 1.28 bits per heavy atom. The Hall–Kier alpha value is -2.36. The van der Waals surface area contributed by atoms with Gasteiger partial charge in [-0.2, -0.15) is 0 Å². The first kappa shape index (κ1) is 10.8. The van der Waals surface area contributed by atoms with Crippen LogP contribution in [-0.2, 0) is 6.61 Å². The van der Waals surface area contributed by atoms with Crippen molar-refractivity contribution in [3.05, 3.63) is 65.5 Å². The molecule has 18 heavy (non-hydrogen) atoms. The molecule has 0 heterocycles. The molecular weight excluding hydrogens is 235 g/mol. The number of hydrogen-bond donors (Lipinski definition) is 1. The molecule has 0 unspecified atom stereocenters. The number of carboxylic acids is 1. The van der Waals surface area contributed by atoms with Crippen molar-refractivity contribution in [1.29, 1.82) is 0 Å². The third-order valence-corrected chi connectivity index (χ3v) is 2.32. The zero-order valence-electron chi connectivity index (χ0n) is 10.4. The van der Waals surface area contributed by atoms with Crippen molar-refractivity contribution in [2.24, 2.45) is 0 Å². The van der Waals surface area contributed by atoms with Gasteiger partial charge in [0.1, 0.15) is 18.2 Å². The van der Waals surface area contributed by atoms with Gasteiger partial charge in [-0.1, -0.05) is 30.3 Å². The Labute approximate surface area is 105 Å². The molecule has 0 aliphatic heterocycles. The summed E-state index contributed by atoms with van der Waals surface area (Å²) in [7, 11) is 0. The van der Waals surface area contributed by atoms with Crippen molar-refractivity contribution >= 4 is 5.97 Å². The third-order valence-electron chi connectivity index (χ3n) is 2.32. The Kier molecular flexibility index (Phi) is 3.18. The largest absolute Gasteiger partial charge is 0.489 e. The van der Waals surface area contributed by atoms with Crippen LogP contribution >= 0.6 is 0 Å². The van der Waals surface area contributed by atoms with Crippen molar-refractivity contribution in [3.8, 4) is 5.75 Å². The maximum absolute atomic E-state index is 13.3. The maximum Gasteiger partial charge on any atom is 0.338 e. The quantitative estimate of drug-likeness (QED) is 0.903. The van der Waals surface area contributed by atoms with Crippen LogP contribution in [-0.4, -0.2) is 11.1 Å². The van der Waals surface area contributed by atoms with Crippen LogP contribution in [0.3, 0.4) is 0 Å². The van der Waals surface area contributed by atoms with Crippen LogP contribution in [0.5, 0.6) is 5.75 Å². The third kappa shape index (κ3) is 2.85. The van der Waals surface area contributed by atoms with Gasteiger partial charge in [0, 0.05) is 0 Å². The topological polar surface area (TPSA) is 46.5 Å². The first-order chi connectivity index (χ1) is 9.09. The fraction of sp³-hybridized carbons (Fsp3) is 0.0714. The molecule has 2 aromatic rings. The molecule has 0 saturated heterocycles. The summed E-state index contributed by atoms with van der Waals surface area (Å²) in [5.41, 5.74) is 0.202. The van der Waals surface area contributed by atoms with E-state index in [4.69, 9.17) is 11.2 Å². The van der Waals surface area contributed by atoms with Gasteiger partial charge in [0.15, 0.2) is 0 Å². The zero-order chi connectivity index (χ0) is 13.8. The Morgan fingerprint density at radius 2 is 2.00 bits per heavy atom. The normalized spacial score (nSPS) is 10.8. The number of aromatic carboxylic acids is 1. The van der Waals surface area contributed by atoms with Crippen molar-refractivity contribution in [1.82, 2.24) is 0 Å². The van der Waals surface area contributed by atoms with Crippen molar-refractivity contribution in [2.75, 3.05) is 0 Å². The van der Waals surface area contributed by atoms with Crippen molar-refractivity contribution in [2.45, 2.75) is 6.61 Å². The highest BCUT2D eigenvalue weighted by Gasteiger charge is 2.11. The van der Waals surface area contributed by atoms with E-state index in [1.54, 1.807) is 0 Å². The molecule has 0 amide bonds. The number of benzene rings is 2. The summed E-state index contributed by atoms with van der Waals surface area (Å²) in [6.45, 7) is 0.192. The van der Waals surface area contributed by atoms with Gasteiger partial charge in [0.2, 0.25) is 0 Å². The summed E-state index contributed by atoms with van der Waals surface area (Å²) >= 11 is 0. The lowest BCUT2D eigenvalue weighted by molar-refractivity contribution is 0.0691. The molecule has 0 fully saturated rings. The second-order valence-electron chi connectivity index (χ2n) is 3.62. The average molecular weight is 247 g/mol. The predicted octanol–water partition coefficient (Wildman–Crippen LogP) is 3.10. The second-order valence-corrected chi connectivity index (χ2v) is 3.62. The van der Waals surface area contributed by atoms with Crippen LogP contribution < -0.4 is 4.74 Å². The van der Waals surface area contributed by atoms with Gasteiger partial charge in [0.25, 0.3) is 0 Å². The number of carboxylic acid groups (broad SMARTS) is 1. The van der Waals surface area contributed by atoms with E-state index in [0.717, 1.165) is 11.6 Å². The SMILES string of the molecule is [2H]c1c(OCc2ccccc2)ccc(F)c1C(=O)O. The number of rotatable bonds is 4. The molecule has 92 valence electrons. The fourth-order valence-corrected chi connectivity index (χ4v) is 1.43. The highest BCUT2D eigenvalue weighted by Crippen LogP contribution is 2.18. The summed E-state index contributed by atoms with van der Waals surface area (Å²) in [4.78, 5) is 10.9. The Morgan fingerprint density at radius 3 is 2.67 bits per heavy atom. The van der Waals surface area contributed by atoms with Crippen LogP contribution in [0.1, 0.15) is 17.3 Å². The molecule has 0 atom stereocenters. The minimum Gasteiger partial charge on any atom is -0.489 e. The second kappa shape index (κ2) is 5.31. The van der Waals surface area contributed by atoms with Crippen LogP contribution in [0.25, 0.3) is 0 Å². The fourth-order valence-electron chi connectivity index (χ4n) is 1.43. The lowest BCUT2D eigenvalue weighted by Gasteiger charge is -2.07. The van der Waals surface area contributed by atoms with Gasteiger partial charge in [0.05, 0.1) is 6.93 Å². The van der Waals surface area contributed by atoms with E-state index in [-0.39, 0.29) is 12.4 Å². The number of ether oxygens (including phenoxy) is 1. The highest BCUT2D eigenvalue weighted by molar-refractivity contribution is 5.88. The van der Waals surface area contributed by atoms with Crippen LogP contribution in [0.4, 0.5) is 4.39 Å². The van der Waals surface area contributed by atoms with E-state index in [0.29, 0.717) is 0 Å². The smallest absolute Gasteiger partial charge is 0.338 e. The summed E-state index contributed by atoms with van der Waals surface area (Å²) in [5, 5.41) is 8.84. The predicted molar refractivity (Wildman–Crippen MR) is 64.1 cm³/mol. The molecule has 0 radical (unpaired) electrons. The lowest BCUT2D eigenvalue weighted by atomic mass is 10.2. The summed E-state index contributed by atoms with van der Waals surface area (Å²) in [6.07, 6.45) is 0. The molecule has 2 rings (SSSR count). The summed E-state index contributed by atoms with van der Waals surface area (Å²) in [6, 6.07) is 11.0. The summed E-state index contributed by atoms with van der Waals surface area (Å²) in [5.74, 6) is -2.38. The van der Waals surface area contributed by atoms with Crippen LogP contribution in [0.2, 0.25) is 0 Å². The Balaban J connectivity index is 2.22. The molecule has 0 aliphatic rings. The highest BCUT2D eigenvalue weighted by atomic mass is 19.1. The zero-order valence-corrected chi connectivity index (χ0v) is 9.39. The van der Waals surface area contributed by atoms with E-state index >= 15 is 0 Å². The van der Waals surface area contributed by atoms with Crippen molar-refractivity contribution in [3.63, 3.8) is 0 Å². The molecule has 0 spiro atoms. The molecule has 0 bridgehead atoms. The number of carbonyl (C=O) groups is 1. The molecule has 4 heteroatoms. The minimum atomic E-state index is -1.48. The van der Waals surface area contributed by atoms with Gasteiger partial charge in [-0.25, -0.2) is 9.18 Å². The molecule has 1 N–H and O–H groups in total. The Bertz CT molecular complexity index is 599. The van der Waals surface area contributed by atoms with E-state index in [1.807, 2.05) is 30.3 Å². The van der Waals surface area contributed by atoms with E-state index in [2.05, 4.69) is 0 Å². The van der Waals surface area contributed by atoms with Gasteiger partial charge in [-0.05, 0) is 23.7 Å². The standard InChI is InChI=1S/C14H11FO3/c15-13-7-6-11(8-12(13)14(16)17)18-9-10-4-2-1-3-5-10/h1-8H,9H2,(H,16,17)/i8D. The summed E-state index contributed by atoms with van der Waals surface area (Å²) < 4.78 is 26.3. The monoisotopic (exact) mass is 247 g/mol. The first-order valence-corrected chi connectivity index (χ1v) is 5.28. The molecule has 0 aromatic heterocycles. The van der Waals surface area contributed by atoms with Crippen LogP contribution in [0, 0.1) is 5.82 Å². The van der Waals surface area contributed by atoms with Gasteiger partial charge in [-0.3, -0.25) is 0 Å². The first-order valence-electron chi connectivity index (χ1n) is 5.78. The van der Waals surface area contributed by atoms with Crippen LogP contribution in [0.15, 0.2) is 48.5 Å². The molecular formula is C14H11FO3. The molecule has 0 saturated carbocycles. The van der Waals surface area contributed by atoms with Gasteiger partial charge < -0.3 is 9.84 Å². The number of hydrogen-bond acceptors (Lipinski definition) is 2. The van der Waals surface area contributed by atoms with Gasteiger partial charge >= 0.3 is 5.97 Å². The number of halogens is 1. The molecule has 2 aromatic carbocycles.